The van der Waals surface area contributed by atoms with E-state index in [4.69, 9.17) is 4.74 Å². The Morgan fingerprint density at radius 3 is 2.72 bits per heavy atom. The van der Waals surface area contributed by atoms with E-state index in [1.54, 1.807) is 24.3 Å². The Bertz CT molecular complexity index is 1180. The summed E-state index contributed by atoms with van der Waals surface area (Å²) in [5.41, 5.74) is 0.725. The third-order valence-electron chi connectivity index (χ3n) is 4.65. The number of H-pyrrole nitrogens is 1. The van der Waals surface area contributed by atoms with Crippen molar-refractivity contribution in [3.05, 3.63) is 52.4 Å². The summed E-state index contributed by atoms with van der Waals surface area (Å²) in [5, 5.41) is 15.5. The van der Waals surface area contributed by atoms with Gasteiger partial charge in [0, 0.05) is 18.2 Å². The Hall–Kier alpha value is -3.88. The van der Waals surface area contributed by atoms with Gasteiger partial charge in [0.05, 0.1) is 29.4 Å². The predicted octanol–water partition coefficient (Wildman–Crippen LogP) is 2.72. The number of carbonyl (C=O) groups excluding carboxylic acids is 1. The zero-order valence-electron chi connectivity index (χ0n) is 15.5. The van der Waals surface area contributed by atoms with Crippen molar-refractivity contribution in [3.8, 4) is 5.75 Å². The number of pyridine rings is 2. The van der Waals surface area contributed by atoms with Crippen LogP contribution in [0.4, 0.5) is 17.2 Å². The predicted molar refractivity (Wildman–Crippen MR) is 107 cm³/mol. The number of carboxylic acid groups (broad SMARTS) is 1. The molecule has 1 aliphatic rings. The lowest BCUT2D eigenvalue weighted by atomic mass is 10.1. The first-order valence-corrected chi connectivity index (χ1v) is 8.98. The molecule has 3 aromatic rings. The molecule has 1 aliphatic carbocycles. The minimum atomic E-state index is -1.14. The van der Waals surface area contributed by atoms with Crippen LogP contribution in [0.2, 0.25) is 0 Å². The van der Waals surface area contributed by atoms with Crippen LogP contribution in [0, 0.1) is 5.92 Å². The third kappa shape index (κ3) is 3.62. The summed E-state index contributed by atoms with van der Waals surface area (Å²) in [6.45, 7) is 0. The van der Waals surface area contributed by atoms with Crippen LogP contribution in [0.15, 0.2) is 41.3 Å². The molecular formula is C20H18N4O5. The van der Waals surface area contributed by atoms with Gasteiger partial charge in [-0.05, 0) is 31.0 Å². The van der Waals surface area contributed by atoms with Gasteiger partial charge < -0.3 is 25.5 Å². The number of amides is 1. The number of aromatic nitrogens is 2. The Morgan fingerprint density at radius 2 is 2.03 bits per heavy atom. The fraction of sp³-hybridized carbons (Fsp3) is 0.200. The molecule has 9 nitrogen and oxygen atoms in total. The summed E-state index contributed by atoms with van der Waals surface area (Å²) in [4.78, 5) is 43.0. The molecule has 1 fully saturated rings. The van der Waals surface area contributed by atoms with Crippen LogP contribution in [0.5, 0.6) is 5.75 Å². The molecular weight excluding hydrogens is 376 g/mol. The molecule has 0 spiro atoms. The van der Waals surface area contributed by atoms with Gasteiger partial charge in [0.1, 0.15) is 11.4 Å². The topological polar surface area (TPSA) is 133 Å². The van der Waals surface area contributed by atoms with E-state index in [1.807, 2.05) is 0 Å². The van der Waals surface area contributed by atoms with Gasteiger partial charge >= 0.3 is 5.97 Å². The van der Waals surface area contributed by atoms with Crippen LogP contribution in [-0.2, 0) is 4.79 Å². The summed E-state index contributed by atoms with van der Waals surface area (Å²) >= 11 is 0. The average Bonchev–Trinajstić information content (AvgIpc) is 3.53. The highest BCUT2D eigenvalue weighted by Gasteiger charge is 2.30. The molecule has 148 valence electrons. The normalized spacial score (nSPS) is 13.1. The second-order valence-electron chi connectivity index (χ2n) is 6.70. The first-order chi connectivity index (χ1) is 14.0. The fourth-order valence-electron chi connectivity index (χ4n) is 3.10. The lowest BCUT2D eigenvalue weighted by Gasteiger charge is -2.15. The zero-order chi connectivity index (χ0) is 20.5. The maximum atomic E-state index is 12.4. The number of hydrogen-bond donors (Lipinski definition) is 4. The Kier molecular flexibility index (Phi) is 4.63. The van der Waals surface area contributed by atoms with Gasteiger partial charge in [0.2, 0.25) is 5.91 Å². The summed E-state index contributed by atoms with van der Waals surface area (Å²) in [5.74, 6) is -0.828. The number of aromatic amines is 1. The standard InChI is InChI=1S/C20H18N4O5/c1-29-17-11(20(27)28)3-2-4-13(17)22-14-9-15(24-18(25)10-5-6-10)23-12-7-8-21-19(26)16(12)14/h2-4,7-10H,5-6H2,1H3,(H,21,26)(H,27,28)(H2,22,23,24,25). The van der Waals surface area contributed by atoms with E-state index in [2.05, 4.69) is 20.6 Å². The van der Waals surface area contributed by atoms with Crippen molar-refractivity contribution in [2.75, 3.05) is 17.7 Å². The summed E-state index contributed by atoms with van der Waals surface area (Å²) in [6.07, 6.45) is 3.17. The number of carbonyl (C=O) groups is 2. The number of para-hydroxylation sites is 1. The maximum absolute atomic E-state index is 12.4. The smallest absolute Gasteiger partial charge is 0.339 e. The molecule has 1 amide bonds. The first kappa shape index (κ1) is 18.5. The molecule has 0 aliphatic heterocycles. The molecule has 2 aromatic heterocycles. The van der Waals surface area contributed by atoms with Crippen LogP contribution in [0.1, 0.15) is 23.2 Å². The van der Waals surface area contributed by atoms with Crippen molar-refractivity contribution in [1.82, 2.24) is 9.97 Å². The molecule has 0 radical (unpaired) electrons. The number of methoxy groups -OCH3 is 1. The van der Waals surface area contributed by atoms with E-state index in [-0.39, 0.29) is 34.1 Å². The number of nitrogens with one attached hydrogen (secondary N) is 3. The van der Waals surface area contributed by atoms with Crippen molar-refractivity contribution < 1.29 is 19.4 Å². The highest BCUT2D eigenvalue weighted by atomic mass is 16.5. The van der Waals surface area contributed by atoms with E-state index >= 15 is 0 Å². The number of fused-ring (bicyclic) bond motifs is 1. The van der Waals surface area contributed by atoms with Gasteiger partial charge in [-0.3, -0.25) is 9.59 Å². The second kappa shape index (κ2) is 7.27. The lowest BCUT2D eigenvalue weighted by molar-refractivity contribution is -0.117. The molecule has 9 heteroatoms. The van der Waals surface area contributed by atoms with Gasteiger partial charge in [0.15, 0.2) is 5.75 Å². The maximum Gasteiger partial charge on any atom is 0.339 e. The van der Waals surface area contributed by atoms with Crippen molar-refractivity contribution in [2.24, 2.45) is 5.92 Å². The van der Waals surface area contributed by atoms with Gasteiger partial charge in [-0.1, -0.05) is 6.07 Å². The number of ether oxygens (including phenoxy) is 1. The Labute approximate surface area is 164 Å². The number of nitrogens with zero attached hydrogens (tertiary/aromatic N) is 1. The van der Waals surface area contributed by atoms with E-state index in [0.29, 0.717) is 22.7 Å². The Morgan fingerprint density at radius 1 is 1.24 bits per heavy atom. The fourth-order valence-corrected chi connectivity index (χ4v) is 3.10. The van der Waals surface area contributed by atoms with Gasteiger partial charge in [0.25, 0.3) is 5.56 Å². The largest absolute Gasteiger partial charge is 0.494 e. The first-order valence-electron chi connectivity index (χ1n) is 8.98. The quantitative estimate of drug-likeness (QED) is 0.505. The third-order valence-corrected chi connectivity index (χ3v) is 4.65. The summed E-state index contributed by atoms with van der Waals surface area (Å²) in [7, 11) is 1.37. The molecule has 0 saturated heterocycles. The van der Waals surface area contributed by atoms with Crippen molar-refractivity contribution in [3.63, 3.8) is 0 Å². The van der Waals surface area contributed by atoms with Crippen molar-refractivity contribution in [1.29, 1.82) is 0 Å². The van der Waals surface area contributed by atoms with Crippen LogP contribution >= 0.6 is 0 Å². The molecule has 1 saturated carbocycles. The monoisotopic (exact) mass is 394 g/mol. The minimum Gasteiger partial charge on any atom is -0.494 e. The molecule has 4 N–H and O–H groups in total. The van der Waals surface area contributed by atoms with Gasteiger partial charge in [-0.15, -0.1) is 0 Å². The number of hydrogen-bond acceptors (Lipinski definition) is 6. The average molecular weight is 394 g/mol. The highest BCUT2D eigenvalue weighted by molar-refractivity contribution is 6.00. The minimum absolute atomic E-state index is 0.00424. The summed E-state index contributed by atoms with van der Waals surface area (Å²) < 4.78 is 5.27. The molecule has 0 unspecified atom stereocenters. The molecule has 2 heterocycles. The lowest BCUT2D eigenvalue weighted by Crippen LogP contribution is -2.16. The SMILES string of the molecule is COc1c(Nc2cc(NC(=O)C3CC3)nc3cc[nH]c(=O)c23)cccc1C(=O)O. The molecule has 1 aromatic carbocycles. The van der Waals surface area contributed by atoms with Crippen molar-refractivity contribution >= 4 is 40.0 Å². The van der Waals surface area contributed by atoms with Crippen LogP contribution in [0.3, 0.4) is 0 Å². The molecule has 0 atom stereocenters. The van der Waals surface area contributed by atoms with Crippen molar-refractivity contribution in [2.45, 2.75) is 12.8 Å². The Balaban J connectivity index is 1.82. The van der Waals surface area contributed by atoms with Crippen LogP contribution in [-0.4, -0.2) is 34.1 Å². The second-order valence-corrected chi connectivity index (χ2v) is 6.70. The highest BCUT2D eigenvalue weighted by Crippen LogP contribution is 2.34. The number of rotatable bonds is 6. The number of anilines is 3. The number of carboxylic acids is 1. The zero-order valence-corrected chi connectivity index (χ0v) is 15.5. The molecule has 29 heavy (non-hydrogen) atoms. The van der Waals surface area contributed by atoms with E-state index < -0.39 is 5.97 Å². The van der Waals surface area contributed by atoms with E-state index in [1.165, 1.54) is 19.4 Å². The summed E-state index contributed by atoms with van der Waals surface area (Å²) in [6, 6.07) is 7.80. The molecule has 0 bridgehead atoms. The van der Waals surface area contributed by atoms with Crippen LogP contribution < -0.4 is 20.9 Å². The molecule has 4 rings (SSSR count). The number of aromatic carboxylic acids is 1. The van der Waals surface area contributed by atoms with Gasteiger partial charge in [-0.2, -0.15) is 0 Å². The number of benzene rings is 1. The van der Waals surface area contributed by atoms with Gasteiger partial charge in [-0.25, -0.2) is 9.78 Å². The van der Waals surface area contributed by atoms with Crippen LogP contribution in [0.25, 0.3) is 10.9 Å². The van der Waals surface area contributed by atoms with E-state index in [0.717, 1.165) is 12.8 Å². The van der Waals surface area contributed by atoms with E-state index in [9.17, 15) is 19.5 Å².